The molecule has 0 aliphatic carbocycles. The van der Waals surface area contributed by atoms with Gasteiger partial charge in [0.2, 0.25) is 11.8 Å². The van der Waals surface area contributed by atoms with Crippen molar-refractivity contribution in [3.05, 3.63) is 83.4 Å². The number of methoxy groups -OCH3 is 2. The van der Waals surface area contributed by atoms with Crippen LogP contribution in [-0.4, -0.2) is 41.4 Å². The highest BCUT2D eigenvalue weighted by Crippen LogP contribution is 2.32. The van der Waals surface area contributed by atoms with Gasteiger partial charge in [-0.15, -0.1) is 0 Å². The second-order valence-electron chi connectivity index (χ2n) is 7.73. The molecule has 1 fully saturated rings. The van der Waals surface area contributed by atoms with E-state index in [-0.39, 0.29) is 18.2 Å². The molecule has 0 radical (unpaired) electrons. The number of nitrogens with zero attached hydrogens (tertiary/aromatic N) is 2. The monoisotopic (exact) mass is 509 g/mol. The lowest BCUT2D eigenvalue weighted by Crippen LogP contribution is -2.44. The molecule has 3 aromatic rings. The quantitative estimate of drug-likeness (QED) is 0.453. The van der Waals surface area contributed by atoms with Crippen LogP contribution in [0.4, 0.5) is 11.4 Å². The Kier molecular flexibility index (Phi) is 7.94. The molecule has 35 heavy (non-hydrogen) atoms. The first kappa shape index (κ1) is 24.6. The molecule has 1 atom stereocenters. The number of benzene rings is 3. The number of ether oxygens (including phenoxy) is 2. The van der Waals surface area contributed by atoms with Crippen molar-refractivity contribution in [2.45, 2.75) is 18.2 Å². The van der Waals surface area contributed by atoms with Gasteiger partial charge in [-0.3, -0.25) is 14.5 Å². The average Bonchev–Trinajstić information content (AvgIpc) is 2.88. The molecule has 1 unspecified atom stereocenters. The summed E-state index contributed by atoms with van der Waals surface area (Å²) >= 11 is 7.28. The van der Waals surface area contributed by atoms with Gasteiger partial charge >= 0.3 is 0 Å². The first-order valence-electron chi connectivity index (χ1n) is 10.8. The Bertz CT molecular complexity index is 1210. The fourth-order valence-corrected chi connectivity index (χ4v) is 4.66. The second kappa shape index (κ2) is 11.3. The summed E-state index contributed by atoms with van der Waals surface area (Å²) in [6, 6.07) is 21.5. The van der Waals surface area contributed by atoms with Crippen molar-refractivity contribution in [3.8, 4) is 11.5 Å². The van der Waals surface area contributed by atoms with E-state index in [1.54, 1.807) is 79.8 Å². The van der Waals surface area contributed by atoms with Crippen LogP contribution in [-0.2, 0) is 16.1 Å². The summed E-state index contributed by atoms with van der Waals surface area (Å²) < 4.78 is 10.4. The number of carbonyl (C=O) groups excluding carboxylic acids is 2. The van der Waals surface area contributed by atoms with Gasteiger partial charge in [-0.2, -0.15) is 0 Å². The van der Waals surface area contributed by atoms with E-state index in [1.807, 2.05) is 12.1 Å². The van der Waals surface area contributed by atoms with Crippen LogP contribution in [0.1, 0.15) is 12.0 Å². The molecule has 1 N–H and O–H groups in total. The number of aliphatic imine (C=N–C) groups is 1. The zero-order valence-electron chi connectivity index (χ0n) is 19.2. The first-order valence-corrected chi connectivity index (χ1v) is 12.1. The Labute approximate surface area is 213 Å². The predicted molar refractivity (Wildman–Crippen MR) is 140 cm³/mol. The third kappa shape index (κ3) is 6.35. The molecule has 2 amide bonds. The number of hydrogen-bond donors (Lipinski definition) is 1. The number of nitrogens with one attached hydrogen (secondary N) is 1. The van der Waals surface area contributed by atoms with Crippen molar-refractivity contribution in [2.24, 2.45) is 4.99 Å². The Balaban J connectivity index is 1.57. The summed E-state index contributed by atoms with van der Waals surface area (Å²) in [5.41, 5.74) is 2.19. The molecule has 1 heterocycles. The minimum Gasteiger partial charge on any atom is -0.497 e. The van der Waals surface area contributed by atoms with E-state index >= 15 is 0 Å². The molecule has 7 nitrogen and oxygen atoms in total. The molecule has 1 saturated heterocycles. The Morgan fingerprint density at radius 2 is 1.60 bits per heavy atom. The highest BCUT2D eigenvalue weighted by molar-refractivity contribution is 8.15. The van der Waals surface area contributed by atoms with Gasteiger partial charge in [0.1, 0.15) is 16.7 Å². The van der Waals surface area contributed by atoms with Crippen LogP contribution in [0.5, 0.6) is 11.5 Å². The van der Waals surface area contributed by atoms with Gasteiger partial charge in [0, 0.05) is 17.1 Å². The Morgan fingerprint density at radius 3 is 2.20 bits per heavy atom. The van der Waals surface area contributed by atoms with Crippen molar-refractivity contribution in [3.63, 3.8) is 0 Å². The predicted octanol–water partition coefficient (Wildman–Crippen LogP) is 5.52. The fraction of sp³-hybridized carbons (Fsp3) is 0.192. The summed E-state index contributed by atoms with van der Waals surface area (Å²) in [6.45, 7) is 0.324. The molecule has 4 rings (SSSR count). The van der Waals surface area contributed by atoms with Crippen molar-refractivity contribution >= 4 is 51.7 Å². The van der Waals surface area contributed by atoms with Crippen molar-refractivity contribution < 1.29 is 19.1 Å². The minimum absolute atomic E-state index is 0.0574. The van der Waals surface area contributed by atoms with Crippen molar-refractivity contribution in [2.75, 3.05) is 19.5 Å². The lowest BCUT2D eigenvalue weighted by atomic mass is 10.2. The van der Waals surface area contributed by atoms with Gasteiger partial charge in [0.25, 0.3) is 0 Å². The van der Waals surface area contributed by atoms with Crippen LogP contribution in [0.3, 0.4) is 0 Å². The van der Waals surface area contributed by atoms with Crippen LogP contribution in [0.25, 0.3) is 0 Å². The number of carbonyl (C=O) groups is 2. The van der Waals surface area contributed by atoms with E-state index in [2.05, 4.69) is 5.32 Å². The van der Waals surface area contributed by atoms with E-state index in [0.717, 1.165) is 5.56 Å². The fourth-order valence-electron chi connectivity index (χ4n) is 3.43. The number of hydrogen-bond acceptors (Lipinski definition) is 6. The molecular formula is C26H24ClN3O4S. The largest absolute Gasteiger partial charge is 0.497 e. The molecule has 0 bridgehead atoms. The summed E-state index contributed by atoms with van der Waals surface area (Å²) in [4.78, 5) is 32.6. The molecule has 0 aromatic heterocycles. The van der Waals surface area contributed by atoms with Crippen LogP contribution in [0.2, 0.25) is 5.02 Å². The highest BCUT2D eigenvalue weighted by Gasteiger charge is 2.36. The zero-order chi connectivity index (χ0) is 24.8. The van der Waals surface area contributed by atoms with Crippen molar-refractivity contribution in [1.82, 2.24) is 4.90 Å². The summed E-state index contributed by atoms with van der Waals surface area (Å²) in [6.07, 6.45) is 0.0574. The molecule has 0 spiro atoms. The van der Waals surface area contributed by atoms with Crippen LogP contribution in [0.15, 0.2) is 77.8 Å². The smallest absolute Gasteiger partial charge is 0.238 e. The number of halogens is 1. The van der Waals surface area contributed by atoms with Crippen LogP contribution in [0, 0.1) is 0 Å². The first-order chi connectivity index (χ1) is 16.9. The number of rotatable bonds is 7. The summed E-state index contributed by atoms with van der Waals surface area (Å²) in [5, 5.41) is 3.34. The number of amidine groups is 1. The normalized spacial score (nSPS) is 16.8. The molecule has 3 aromatic carbocycles. The molecule has 1 aliphatic heterocycles. The van der Waals surface area contributed by atoms with E-state index in [4.69, 9.17) is 26.1 Å². The van der Waals surface area contributed by atoms with Crippen LogP contribution < -0.4 is 14.8 Å². The van der Waals surface area contributed by atoms with E-state index in [1.165, 1.54) is 11.8 Å². The highest BCUT2D eigenvalue weighted by atomic mass is 35.5. The maximum absolute atomic E-state index is 13.2. The molecule has 1 aliphatic rings. The Morgan fingerprint density at radius 1 is 1.00 bits per heavy atom. The summed E-state index contributed by atoms with van der Waals surface area (Å²) in [5.74, 6) is 0.955. The third-order valence-corrected chi connectivity index (χ3v) is 6.78. The lowest BCUT2D eigenvalue weighted by molar-refractivity contribution is -0.129. The maximum Gasteiger partial charge on any atom is 0.238 e. The van der Waals surface area contributed by atoms with Gasteiger partial charge in [-0.25, -0.2) is 4.99 Å². The number of thioether (sulfide) groups is 1. The van der Waals surface area contributed by atoms with E-state index < -0.39 is 5.25 Å². The second-order valence-corrected chi connectivity index (χ2v) is 9.33. The third-order valence-electron chi connectivity index (χ3n) is 5.34. The van der Waals surface area contributed by atoms with Gasteiger partial charge in [-0.05, 0) is 66.2 Å². The standard InChI is InChI=1S/C26H24ClN3O4S/c1-33-21-11-7-19(8-12-21)28-25(32)23-15-24(31)30(16-17-3-5-18(27)6-4-17)26(35-23)29-20-9-13-22(34-2)14-10-20/h3-14,23H,15-16H2,1-2H3,(H,28,32). The Hall–Kier alpha value is -3.49. The molecule has 180 valence electrons. The van der Waals surface area contributed by atoms with E-state index in [0.29, 0.717) is 39.6 Å². The topological polar surface area (TPSA) is 80.2 Å². The lowest BCUT2D eigenvalue weighted by Gasteiger charge is -2.32. The number of amides is 2. The number of anilines is 1. The maximum atomic E-state index is 13.2. The zero-order valence-corrected chi connectivity index (χ0v) is 20.8. The SMILES string of the molecule is COc1ccc(N=C2SC(C(=O)Nc3ccc(OC)cc3)CC(=O)N2Cc2ccc(Cl)cc2)cc1. The van der Waals surface area contributed by atoms with E-state index in [9.17, 15) is 9.59 Å². The van der Waals surface area contributed by atoms with Crippen LogP contribution >= 0.6 is 23.4 Å². The minimum atomic E-state index is -0.622. The van der Waals surface area contributed by atoms with Crippen molar-refractivity contribution in [1.29, 1.82) is 0 Å². The molecular weight excluding hydrogens is 486 g/mol. The molecule has 0 saturated carbocycles. The van der Waals surface area contributed by atoms with Gasteiger partial charge < -0.3 is 14.8 Å². The van der Waals surface area contributed by atoms with Gasteiger partial charge in [0.15, 0.2) is 5.17 Å². The average molecular weight is 510 g/mol. The summed E-state index contributed by atoms with van der Waals surface area (Å²) in [7, 11) is 3.17. The van der Waals surface area contributed by atoms with Gasteiger partial charge in [0.05, 0.1) is 26.5 Å². The van der Waals surface area contributed by atoms with Gasteiger partial charge in [-0.1, -0.05) is 35.5 Å². The molecule has 9 heteroatoms.